The van der Waals surface area contributed by atoms with E-state index in [0.29, 0.717) is 21.7 Å². The van der Waals surface area contributed by atoms with Crippen LogP contribution in [0.1, 0.15) is 17.3 Å². The van der Waals surface area contributed by atoms with Gasteiger partial charge in [0.1, 0.15) is 0 Å². The summed E-state index contributed by atoms with van der Waals surface area (Å²) in [5.41, 5.74) is 6.19. The van der Waals surface area contributed by atoms with E-state index in [1.807, 2.05) is 0 Å². The molecule has 1 atom stereocenters. The predicted molar refractivity (Wildman–Crippen MR) is 101 cm³/mol. The first-order chi connectivity index (χ1) is 12.5. The van der Waals surface area contributed by atoms with Gasteiger partial charge in [0.15, 0.2) is 5.16 Å². The van der Waals surface area contributed by atoms with Crippen LogP contribution >= 0.6 is 11.8 Å². The van der Waals surface area contributed by atoms with E-state index < -0.39 is 11.2 Å². The lowest BCUT2D eigenvalue weighted by molar-refractivity contribution is -0.115. The minimum absolute atomic E-state index is 0.232. The van der Waals surface area contributed by atoms with Crippen LogP contribution < -0.4 is 16.6 Å². The number of amides is 2. The van der Waals surface area contributed by atoms with Crippen LogP contribution in [0.15, 0.2) is 58.5 Å². The average Bonchev–Trinajstić information content (AvgIpc) is 2.62. The van der Waals surface area contributed by atoms with Crippen LogP contribution in [0.4, 0.5) is 5.69 Å². The van der Waals surface area contributed by atoms with Gasteiger partial charge in [0.2, 0.25) is 5.91 Å². The Hall–Kier alpha value is -3.13. The number of anilines is 1. The standard InChI is InChI=1S/C18H16N4O3S/c1-10(16(24)20-13-8-4-2-6-11(13)15(19)23)26-18-21-14-9-5-3-7-12(14)17(25)22-18/h2-10H,1H3,(H2,19,23)(H,20,24)(H,21,22,25)/t10-/m0/s1. The van der Waals surface area contributed by atoms with Crippen LogP contribution in [-0.4, -0.2) is 27.0 Å². The van der Waals surface area contributed by atoms with E-state index >= 15 is 0 Å². The Morgan fingerprint density at radius 2 is 1.85 bits per heavy atom. The Morgan fingerprint density at radius 1 is 1.15 bits per heavy atom. The summed E-state index contributed by atoms with van der Waals surface area (Å²) in [6, 6.07) is 13.5. The van der Waals surface area contributed by atoms with Crippen molar-refractivity contribution < 1.29 is 9.59 Å². The molecule has 0 radical (unpaired) electrons. The van der Waals surface area contributed by atoms with E-state index in [9.17, 15) is 14.4 Å². The number of aromatic nitrogens is 2. The van der Waals surface area contributed by atoms with Crippen molar-refractivity contribution >= 4 is 40.2 Å². The summed E-state index contributed by atoms with van der Waals surface area (Å²) in [6.45, 7) is 1.68. The molecule has 0 unspecified atom stereocenters. The van der Waals surface area contributed by atoms with E-state index in [1.165, 1.54) is 6.07 Å². The Labute approximate surface area is 153 Å². The first-order valence-electron chi connectivity index (χ1n) is 7.81. The van der Waals surface area contributed by atoms with E-state index in [1.54, 1.807) is 49.4 Å². The Balaban J connectivity index is 1.78. The number of carbonyl (C=O) groups excluding carboxylic acids is 2. The second-order valence-corrected chi connectivity index (χ2v) is 6.88. The number of aromatic amines is 1. The third-order valence-electron chi connectivity index (χ3n) is 3.70. The molecule has 1 heterocycles. The molecule has 132 valence electrons. The minimum atomic E-state index is -0.623. The number of H-pyrrole nitrogens is 1. The Kier molecular flexibility index (Phi) is 5.04. The highest BCUT2D eigenvalue weighted by molar-refractivity contribution is 8.00. The van der Waals surface area contributed by atoms with Gasteiger partial charge in [-0.25, -0.2) is 4.98 Å². The number of primary amides is 1. The number of para-hydroxylation sites is 2. The molecule has 2 amide bonds. The zero-order valence-electron chi connectivity index (χ0n) is 13.9. The zero-order chi connectivity index (χ0) is 18.7. The van der Waals surface area contributed by atoms with Crippen LogP contribution in [0.5, 0.6) is 0 Å². The van der Waals surface area contributed by atoms with Gasteiger partial charge < -0.3 is 16.0 Å². The Bertz CT molecular complexity index is 1050. The van der Waals surface area contributed by atoms with E-state index in [2.05, 4.69) is 15.3 Å². The third-order valence-corrected chi connectivity index (χ3v) is 4.68. The van der Waals surface area contributed by atoms with Crippen molar-refractivity contribution in [2.45, 2.75) is 17.3 Å². The molecule has 2 aromatic carbocycles. The number of fused-ring (bicyclic) bond motifs is 1. The fourth-order valence-corrected chi connectivity index (χ4v) is 3.19. The van der Waals surface area contributed by atoms with E-state index in [-0.39, 0.29) is 17.0 Å². The molecule has 0 spiro atoms. The highest BCUT2D eigenvalue weighted by Crippen LogP contribution is 2.22. The fraction of sp³-hybridized carbons (Fsp3) is 0.111. The summed E-state index contributed by atoms with van der Waals surface area (Å²) >= 11 is 1.12. The molecule has 4 N–H and O–H groups in total. The quantitative estimate of drug-likeness (QED) is 0.471. The number of carbonyl (C=O) groups is 2. The highest BCUT2D eigenvalue weighted by atomic mass is 32.2. The van der Waals surface area contributed by atoms with E-state index in [0.717, 1.165) is 11.8 Å². The van der Waals surface area contributed by atoms with Crippen molar-refractivity contribution in [3.63, 3.8) is 0 Å². The molecule has 3 aromatic rings. The van der Waals surface area contributed by atoms with Gasteiger partial charge in [-0.05, 0) is 31.2 Å². The van der Waals surface area contributed by atoms with Crippen LogP contribution in [0.25, 0.3) is 10.9 Å². The average molecular weight is 368 g/mol. The van der Waals surface area contributed by atoms with Gasteiger partial charge in [0.05, 0.1) is 27.4 Å². The molecule has 0 saturated carbocycles. The topological polar surface area (TPSA) is 118 Å². The molecule has 0 aliphatic rings. The van der Waals surface area contributed by atoms with Crippen molar-refractivity contribution in [3.05, 3.63) is 64.4 Å². The zero-order valence-corrected chi connectivity index (χ0v) is 14.7. The molecule has 1 aromatic heterocycles. The molecule has 0 aliphatic carbocycles. The summed E-state index contributed by atoms with van der Waals surface area (Å²) < 4.78 is 0. The number of rotatable bonds is 5. The molecule has 0 aliphatic heterocycles. The van der Waals surface area contributed by atoms with Gasteiger partial charge in [0, 0.05) is 0 Å². The number of thioether (sulfide) groups is 1. The summed E-state index contributed by atoms with van der Waals surface area (Å²) in [7, 11) is 0. The molecular formula is C18H16N4O3S. The Morgan fingerprint density at radius 3 is 2.62 bits per heavy atom. The number of nitrogens with one attached hydrogen (secondary N) is 2. The molecule has 0 bridgehead atoms. The summed E-state index contributed by atoms with van der Waals surface area (Å²) in [4.78, 5) is 43.0. The number of benzene rings is 2. The second-order valence-electron chi connectivity index (χ2n) is 5.55. The van der Waals surface area contributed by atoms with Gasteiger partial charge in [-0.1, -0.05) is 36.0 Å². The predicted octanol–water partition coefficient (Wildman–Crippen LogP) is 2.14. The normalized spacial score (nSPS) is 11.9. The van der Waals surface area contributed by atoms with Crippen LogP contribution in [-0.2, 0) is 4.79 Å². The van der Waals surface area contributed by atoms with E-state index in [4.69, 9.17) is 5.73 Å². The van der Waals surface area contributed by atoms with Gasteiger partial charge >= 0.3 is 0 Å². The third kappa shape index (κ3) is 3.75. The van der Waals surface area contributed by atoms with Crippen LogP contribution in [0.3, 0.4) is 0 Å². The lowest BCUT2D eigenvalue weighted by Crippen LogP contribution is -2.25. The molecule has 7 nitrogen and oxygen atoms in total. The highest BCUT2D eigenvalue weighted by Gasteiger charge is 2.18. The molecular weight excluding hydrogens is 352 g/mol. The second kappa shape index (κ2) is 7.40. The molecule has 0 fully saturated rings. The van der Waals surface area contributed by atoms with Crippen molar-refractivity contribution in [3.8, 4) is 0 Å². The summed E-state index contributed by atoms with van der Waals surface area (Å²) in [5.74, 6) is -0.957. The molecule has 8 heteroatoms. The van der Waals surface area contributed by atoms with Gasteiger partial charge in [0.25, 0.3) is 11.5 Å². The largest absolute Gasteiger partial charge is 0.366 e. The first kappa shape index (κ1) is 17.7. The number of nitrogens with zero attached hydrogens (tertiary/aromatic N) is 1. The van der Waals surface area contributed by atoms with Gasteiger partial charge in [-0.15, -0.1) is 0 Å². The summed E-state index contributed by atoms with van der Waals surface area (Å²) in [6.07, 6.45) is 0. The minimum Gasteiger partial charge on any atom is -0.366 e. The molecule has 3 rings (SSSR count). The number of hydrogen-bond donors (Lipinski definition) is 3. The summed E-state index contributed by atoms with van der Waals surface area (Å²) in [5, 5.41) is 2.96. The number of hydrogen-bond acceptors (Lipinski definition) is 5. The van der Waals surface area contributed by atoms with Crippen molar-refractivity contribution in [1.29, 1.82) is 0 Å². The smallest absolute Gasteiger partial charge is 0.259 e. The maximum Gasteiger partial charge on any atom is 0.259 e. The molecule has 0 saturated heterocycles. The van der Waals surface area contributed by atoms with Crippen LogP contribution in [0, 0.1) is 0 Å². The lowest BCUT2D eigenvalue weighted by atomic mass is 10.1. The van der Waals surface area contributed by atoms with Crippen molar-refractivity contribution in [2.75, 3.05) is 5.32 Å². The van der Waals surface area contributed by atoms with Gasteiger partial charge in [-0.3, -0.25) is 14.4 Å². The maximum atomic E-state index is 12.4. The lowest BCUT2D eigenvalue weighted by Gasteiger charge is -2.13. The SMILES string of the molecule is C[C@H](Sc1nc2ccccc2c(=O)[nH]1)C(=O)Nc1ccccc1C(N)=O. The fourth-order valence-electron chi connectivity index (χ4n) is 2.38. The van der Waals surface area contributed by atoms with Gasteiger partial charge in [-0.2, -0.15) is 0 Å². The monoisotopic (exact) mass is 368 g/mol. The first-order valence-corrected chi connectivity index (χ1v) is 8.69. The molecule has 26 heavy (non-hydrogen) atoms. The van der Waals surface area contributed by atoms with Crippen molar-refractivity contribution in [2.24, 2.45) is 5.73 Å². The number of nitrogens with two attached hydrogens (primary N) is 1. The van der Waals surface area contributed by atoms with Crippen molar-refractivity contribution in [1.82, 2.24) is 9.97 Å². The maximum absolute atomic E-state index is 12.4. The van der Waals surface area contributed by atoms with Crippen LogP contribution in [0.2, 0.25) is 0 Å².